The van der Waals surface area contributed by atoms with Crippen LogP contribution in [0.2, 0.25) is 5.02 Å². The molecule has 0 bridgehead atoms. The van der Waals surface area contributed by atoms with E-state index in [4.69, 9.17) is 30.0 Å². The fraction of sp³-hybridized carbons (Fsp3) is 0.462. The number of ether oxygens (including phenoxy) is 3. The van der Waals surface area contributed by atoms with Gasteiger partial charge in [-0.2, -0.15) is 8.42 Å². The van der Waals surface area contributed by atoms with Crippen LogP contribution in [-0.2, 0) is 19.0 Å². The summed E-state index contributed by atoms with van der Waals surface area (Å²) in [6, 6.07) is 11.2. The van der Waals surface area contributed by atoms with Gasteiger partial charge in [0.05, 0.1) is 32.3 Å². The van der Waals surface area contributed by atoms with Gasteiger partial charge in [0.1, 0.15) is 18.0 Å². The van der Waals surface area contributed by atoms with Gasteiger partial charge in [0.15, 0.2) is 17.3 Å². The molecular weight excluding hydrogens is 518 g/mol. The molecule has 2 heterocycles. The van der Waals surface area contributed by atoms with E-state index in [0.29, 0.717) is 35.2 Å². The predicted octanol–water partition coefficient (Wildman–Crippen LogP) is 5.37. The fourth-order valence-electron chi connectivity index (χ4n) is 4.62. The number of benzene rings is 2. The number of methoxy groups -OCH3 is 2. The molecule has 4 rings (SSSR count). The first kappa shape index (κ1) is 27.4. The molecule has 1 aliphatic heterocycles. The van der Waals surface area contributed by atoms with Gasteiger partial charge < -0.3 is 14.2 Å². The minimum atomic E-state index is -3.62. The summed E-state index contributed by atoms with van der Waals surface area (Å²) in [6.45, 7) is 5.84. The molecule has 0 saturated carbocycles. The monoisotopic (exact) mass is 549 g/mol. The van der Waals surface area contributed by atoms with Crippen LogP contribution < -0.4 is 9.47 Å². The van der Waals surface area contributed by atoms with Crippen molar-refractivity contribution < 1.29 is 26.8 Å². The van der Waals surface area contributed by atoms with Crippen LogP contribution in [0.25, 0.3) is 5.69 Å². The topological polar surface area (TPSA) is 102 Å². The number of hydrogen-bond acceptors (Lipinski definition) is 8. The molecule has 2 aromatic carbocycles. The third kappa shape index (κ3) is 5.62. The van der Waals surface area contributed by atoms with Crippen molar-refractivity contribution >= 4 is 21.7 Å². The van der Waals surface area contributed by atoms with Crippen molar-refractivity contribution in [1.29, 1.82) is 0 Å². The van der Waals surface area contributed by atoms with E-state index in [9.17, 15) is 8.42 Å². The lowest BCUT2D eigenvalue weighted by atomic mass is 9.98. The van der Waals surface area contributed by atoms with Gasteiger partial charge in [0.2, 0.25) is 0 Å². The molecule has 0 aliphatic carbocycles. The summed E-state index contributed by atoms with van der Waals surface area (Å²) in [7, 11) is -0.460. The Morgan fingerprint density at radius 2 is 1.89 bits per heavy atom. The van der Waals surface area contributed by atoms with Gasteiger partial charge in [-0.15, -0.1) is 10.2 Å². The summed E-state index contributed by atoms with van der Waals surface area (Å²) in [5.41, 5.74) is 2.40. The summed E-state index contributed by atoms with van der Waals surface area (Å²) in [5.74, 6) is 2.43. The second kappa shape index (κ2) is 11.4. The summed E-state index contributed by atoms with van der Waals surface area (Å²) in [4.78, 5) is 0. The Hall–Kier alpha value is -2.66. The van der Waals surface area contributed by atoms with Crippen LogP contribution >= 0.6 is 11.6 Å². The fourth-order valence-corrected chi connectivity index (χ4v) is 5.79. The van der Waals surface area contributed by atoms with E-state index < -0.39 is 22.3 Å². The Morgan fingerprint density at radius 3 is 2.57 bits per heavy atom. The van der Waals surface area contributed by atoms with E-state index in [1.54, 1.807) is 21.1 Å². The highest BCUT2D eigenvalue weighted by Gasteiger charge is 2.36. The normalized spacial score (nSPS) is 17.3. The van der Waals surface area contributed by atoms with Gasteiger partial charge in [-0.05, 0) is 44.0 Å². The molecule has 2 atom stereocenters. The third-order valence-corrected chi connectivity index (χ3v) is 7.82. The molecule has 1 aliphatic rings. The number of hydrogen-bond donors (Lipinski definition) is 0. The molecule has 0 saturated heterocycles. The lowest BCUT2D eigenvalue weighted by Gasteiger charge is -2.25. The van der Waals surface area contributed by atoms with Gasteiger partial charge >= 0.3 is 0 Å². The Morgan fingerprint density at radius 1 is 1.11 bits per heavy atom. The highest BCUT2D eigenvalue weighted by molar-refractivity contribution is 7.86. The van der Waals surface area contributed by atoms with Crippen LogP contribution in [0, 0.1) is 0 Å². The van der Waals surface area contributed by atoms with Crippen LogP contribution in [0.15, 0.2) is 36.4 Å². The van der Waals surface area contributed by atoms with Gasteiger partial charge in [-0.25, -0.2) is 0 Å². The SMILES string of the molecule is CCOS(=O)(=O)CCCC1OC(c2cccc(OC)c2OC)c2cc(Cl)ccc2-n2c(C(C)C)nnc21. The summed E-state index contributed by atoms with van der Waals surface area (Å²) >= 11 is 6.49. The molecule has 1 aromatic heterocycles. The van der Waals surface area contributed by atoms with Crippen molar-refractivity contribution in [3.05, 3.63) is 64.2 Å². The maximum Gasteiger partial charge on any atom is 0.267 e. The highest BCUT2D eigenvalue weighted by Crippen LogP contribution is 2.46. The van der Waals surface area contributed by atoms with Gasteiger partial charge in [0.25, 0.3) is 10.1 Å². The minimum absolute atomic E-state index is 0.0756. The van der Waals surface area contributed by atoms with Crippen molar-refractivity contribution in [3.63, 3.8) is 0 Å². The molecule has 0 N–H and O–H groups in total. The lowest BCUT2D eigenvalue weighted by molar-refractivity contribution is -0.00190. The average Bonchev–Trinajstić information content (AvgIpc) is 3.25. The smallest absolute Gasteiger partial charge is 0.267 e. The molecule has 0 spiro atoms. The van der Waals surface area contributed by atoms with Crippen LogP contribution in [0.4, 0.5) is 0 Å². The van der Waals surface area contributed by atoms with Crippen LogP contribution in [0.5, 0.6) is 11.5 Å². The predicted molar refractivity (Wildman–Crippen MR) is 140 cm³/mol. The van der Waals surface area contributed by atoms with E-state index in [2.05, 4.69) is 10.2 Å². The Labute approximate surface area is 222 Å². The van der Waals surface area contributed by atoms with Crippen molar-refractivity contribution in [3.8, 4) is 17.2 Å². The molecule has 11 heteroatoms. The number of halogens is 1. The first-order chi connectivity index (χ1) is 17.7. The molecule has 9 nitrogen and oxygen atoms in total. The summed E-state index contributed by atoms with van der Waals surface area (Å²) in [6.07, 6.45) is -0.471. The summed E-state index contributed by atoms with van der Waals surface area (Å²) in [5, 5.41) is 9.53. The van der Waals surface area contributed by atoms with Crippen LogP contribution in [0.1, 0.15) is 74.5 Å². The molecule has 2 unspecified atom stereocenters. The van der Waals surface area contributed by atoms with E-state index in [1.807, 2.05) is 54.8 Å². The lowest BCUT2D eigenvalue weighted by Crippen LogP contribution is -2.15. The molecule has 0 radical (unpaired) electrons. The zero-order valence-electron chi connectivity index (χ0n) is 21.6. The Bertz CT molecular complexity index is 1360. The Balaban J connectivity index is 1.87. The van der Waals surface area contributed by atoms with Crippen molar-refractivity contribution in [2.24, 2.45) is 0 Å². The molecule has 0 fully saturated rings. The van der Waals surface area contributed by atoms with Crippen molar-refractivity contribution in [2.75, 3.05) is 26.6 Å². The maximum atomic E-state index is 12.2. The van der Waals surface area contributed by atoms with Crippen molar-refractivity contribution in [1.82, 2.24) is 14.8 Å². The number of para-hydroxylation sites is 1. The van der Waals surface area contributed by atoms with E-state index in [0.717, 1.165) is 22.6 Å². The Kier molecular flexibility index (Phi) is 8.42. The quantitative estimate of drug-likeness (QED) is 0.311. The van der Waals surface area contributed by atoms with Gasteiger partial charge in [0, 0.05) is 22.1 Å². The second-order valence-corrected chi connectivity index (χ2v) is 11.2. The van der Waals surface area contributed by atoms with Crippen LogP contribution in [0.3, 0.4) is 0 Å². The number of nitrogens with zero attached hydrogens (tertiary/aromatic N) is 3. The van der Waals surface area contributed by atoms with Crippen LogP contribution in [-0.4, -0.2) is 49.8 Å². The summed E-state index contributed by atoms with van der Waals surface area (Å²) < 4.78 is 49.4. The minimum Gasteiger partial charge on any atom is -0.493 e. The first-order valence-electron chi connectivity index (χ1n) is 12.2. The van der Waals surface area contributed by atoms with Crippen molar-refractivity contribution in [2.45, 2.75) is 51.7 Å². The molecular formula is C26H32ClN3O6S. The zero-order chi connectivity index (χ0) is 26.7. The third-order valence-electron chi connectivity index (χ3n) is 6.20. The second-order valence-electron chi connectivity index (χ2n) is 9.01. The number of aromatic nitrogens is 3. The molecule has 200 valence electrons. The first-order valence-corrected chi connectivity index (χ1v) is 14.1. The standard InChI is InChI=1S/C26H32ClN3O6S/c1-6-35-37(31,32)14-8-11-22-26-29-28-25(16(2)3)30(26)20-13-12-17(27)15-19(20)23(36-22)18-9-7-10-21(33-4)24(18)34-5/h7,9-10,12-13,15-16,22-23H,6,8,11,14H2,1-5H3. The van der Waals surface area contributed by atoms with Gasteiger partial charge in [-0.3, -0.25) is 8.75 Å². The average molecular weight is 550 g/mol. The molecule has 37 heavy (non-hydrogen) atoms. The van der Waals surface area contributed by atoms with E-state index >= 15 is 0 Å². The zero-order valence-corrected chi connectivity index (χ0v) is 23.2. The highest BCUT2D eigenvalue weighted by atomic mass is 35.5. The molecule has 0 amide bonds. The van der Waals surface area contributed by atoms with E-state index in [1.165, 1.54) is 0 Å². The number of fused-ring (bicyclic) bond motifs is 3. The maximum absolute atomic E-state index is 12.2. The largest absolute Gasteiger partial charge is 0.493 e. The number of rotatable bonds is 10. The molecule has 3 aromatic rings. The van der Waals surface area contributed by atoms with Gasteiger partial charge in [-0.1, -0.05) is 37.6 Å². The van der Waals surface area contributed by atoms with E-state index in [-0.39, 0.29) is 18.3 Å².